The van der Waals surface area contributed by atoms with E-state index in [0.29, 0.717) is 6.04 Å². The van der Waals surface area contributed by atoms with Gasteiger partial charge in [-0.1, -0.05) is 48.5 Å². The van der Waals surface area contributed by atoms with E-state index in [-0.39, 0.29) is 0 Å². The Morgan fingerprint density at radius 2 is 1.72 bits per heavy atom. The largest absolute Gasteiger partial charge is 0.367 e. The van der Waals surface area contributed by atoms with Crippen molar-refractivity contribution in [2.45, 2.75) is 25.3 Å². The number of anilines is 3. The summed E-state index contributed by atoms with van der Waals surface area (Å²) in [5.41, 5.74) is 4.69. The van der Waals surface area contributed by atoms with Crippen LogP contribution in [-0.4, -0.2) is 22.6 Å². The second kappa shape index (κ2) is 5.88. The van der Waals surface area contributed by atoms with Crippen LogP contribution in [0.3, 0.4) is 0 Å². The molecule has 0 amide bonds. The van der Waals surface area contributed by atoms with Crippen molar-refractivity contribution in [3.63, 3.8) is 0 Å². The quantitative estimate of drug-likeness (QED) is 0.770. The first-order valence-corrected chi connectivity index (χ1v) is 8.93. The zero-order valence-corrected chi connectivity index (χ0v) is 14.0. The van der Waals surface area contributed by atoms with Gasteiger partial charge in [0.15, 0.2) is 0 Å². The minimum absolute atomic E-state index is 0.567. The van der Waals surface area contributed by atoms with Crippen LogP contribution >= 0.6 is 0 Å². The maximum Gasteiger partial charge on any atom is 0.232 e. The van der Waals surface area contributed by atoms with Crippen LogP contribution in [0, 0.1) is 0 Å². The van der Waals surface area contributed by atoms with E-state index in [2.05, 4.69) is 64.8 Å². The smallest absolute Gasteiger partial charge is 0.232 e. The van der Waals surface area contributed by atoms with Gasteiger partial charge in [-0.15, -0.1) is 0 Å². The molecule has 1 aliphatic heterocycles. The van der Waals surface area contributed by atoms with Crippen molar-refractivity contribution in [2.24, 2.45) is 0 Å². The third kappa shape index (κ3) is 2.84. The number of hydrogen-bond acceptors (Lipinski definition) is 4. The second-order valence-electron chi connectivity index (χ2n) is 6.75. The van der Waals surface area contributed by atoms with E-state index in [1.54, 1.807) is 0 Å². The molecule has 2 aliphatic rings. The Balaban J connectivity index is 1.59. The van der Waals surface area contributed by atoms with Crippen molar-refractivity contribution < 1.29 is 0 Å². The molecule has 0 saturated heterocycles. The Bertz CT molecular complexity index is 903. The number of aromatic nitrogens is 2. The lowest BCUT2D eigenvalue weighted by atomic mass is 10.1. The molecular weight excluding hydrogens is 308 g/mol. The highest BCUT2D eigenvalue weighted by atomic mass is 15.3. The molecule has 0 bridgehead atoms. The zero-order chi connectivity index (χ0) is 16.6. The molecule has 0 unspecified atom stereocenters. The summed E-state index contributed by atoms with van der Waals surface area (Å²) < 4.78 is 0. The summed E-state index contributed by atoms with van der Waals surface area (Å²) in [5, 5.41) is 3.54. The number of nitrogens with one attached hydrogen (secondary N) is 1. The summed E-state index contributed by atoms with van der Waals surface area (Å²) >= 11 is 0. The summed E-state index contributed by atoms with van der Waals surface area (Å²) in [6.07, 6.45) is 3.50. The van der Waals surface area contributed by atoms with E-state index in [1.807, 2.05) is 6.07 Å². The van der Waals surface area contributed by atoms with Gasteiger partial charge < -0.3 is 10.2 Å². The fourth-order valence-electron chi connectivity index (χ4n) is 3.37. The standard InChI is InChI=1S/C21H20N4/c1-2-6-15(7-3-1)18-14-20(22-17-10-11-17)24-21(23-18)25-13-12-16-8-4-5-9-19(16)25/h1-9,14,17H,10-13H2,(H,22,23,24). The molecule has 124 valence electrons. The normalized spacial score (nSPS) is 15.9. The van der Waals surface area contributed by atoms with Crippen molar-refractivity contribution in [1.29, 1.82) is 0 Å². The molecule has 1 saturated carbocycles. The number of rotatable bonds is 4. The summed E-state index contributed by atoms with van der Waals surface area (Å²) in [6.45, 7) is 0.931. The van der Waals surface area contributed by atoms with Gasteiger partial charge in [0, 0.05) is 29.9 Å². The molecule has 4 nitrogen and oxygen atoms in total. The maximum atomic E-state index is 4.89. The van der Waals surface area contributed by atoms with Crippen molar-refractivity contribution in [1.82, 2.24) is 9.97 Å². The first-order chi connectivity index (χ1) is 12.4. The predicted octanol–water partition coefficient (Wildman–Crippen LogP) is 4.41. The lowest BCUT2D eigenvalue weighted by Crippen LogP contribution is -2.18. The Hall–Kier alpha value is -2.88. The van der Waals surface area contributed by atoms with Crippen molar-refractivity contribution in [2.75, 3.05) is 16.8 Å². The fourth-order valence-corrected chi connectivity index (χ4v) is 3.37. The van der Waals surface area contributed by atoms with E-state index < -0.39 is 0 Å². The van der Waals surface area contributed by atoms with Gasteiger partial charge in [0.2, 0.25) is 5.95 Å². The average molecular weight is 328 g/mol. The first kappa shape index (κ1) is 14.5. The molecule has 5 rings (SSSR count). The number of benzene rings is 2. The SMILES string of the molecule is c1ccc(-c2cc(NC3CC3)nc(N3CCc4ccccc43)n2)cc1. The summed E-state index contributed by atoms with van der Waals surface area (Å²) in [7, 11) is 0. The van der Waals surface area contributed by atoms with Crippen LogP contribution in [0.2, 0.25) is 0 Å². The number of nitrogens with zero attached hydrogens (tertiary/aromatic N) is 3. The van der Waals surface area contributed by atoms with Crippen LogP contribution in [0.4, 0.5) is 17.5 Å². The Morgan fingerprint density at radius 3 is 2.56 bits per heavy atom. The van der Waals surface area contributed by atoms with Crippen molar-refractivity contribution in [3.8, 4) is 11.3 Å². The van der Waals surface area contributed by atoms with E-state index in [4.69, 9.17) is 9.97 Å². The van der Waals surface area contributed by atoms with E-state index >= 15 is 0 Å². The maximum absolute atomic E-state index is 4.89. The number of para-hydroxylation sites is 1. The van der Waals surface area contributed by atoms with Crippen LogP contribution in [0.1, 0.15) is 18.4 Å². The molecule has 1 aromatic heterocycles. The molecule has 0 radical (unpaired) electrons. The van der Waals surface area contributed by atoms with E-state index in [9.17, 15) is 0 Å². The van der Waals surface area contributed by atoms with Crippen LogP contribution < -0.4 is 10.2 Å². The highest BCUT2D eigenvalue weighted by Gasteiger charge is 2.25. The molecule has 2 aromatic carbocycles. The van der Waals surface area contributed by atoms with Gasteiger partial charge in [0.05, 0.1) is 5.69 Å². The lowest BCUT2D eigenvalue weighted by molar-refractivity contribution is 0.938. The minimum Gasteiger partial charge on any atom is -0.367 e. The molecule has 0 atom stereocenters. The topological polar surface area (TPSA) is 41.1 Å². The van der Waals surface area contributed by atoms with Gasteiger partial charge >= 0.3 is 0 Å². The van der Waals surface area contributed by atoms with Gasteiger partial charge in [0.25, 0.3) is 0 Å². The van der Waals surface area contributed by atoms with Gasteiger partial charge in [0.1, 0.15) is 5.82 Å². The highest BCUT2D eigenvalue weighted by molar-refractivity contribution is 5.70. The molecule has 3 aromatic rings. The summed E-state index contributed by atoms with van der Waals surface area (Å²) in [5.74, 6) is 1.71. The molecule has 25 heavy (non-hydrogen) atoms. The molecule has 4 heteroatoms. The molecule has 2 heterocycles. The zero-order valence-electron chi connectivity index (χ0n) is 14.0. The molecule has 1 aliphatic carbocycles. The molecule has 0 spiro atoms. The predicted molar refractivity (Wildman–Crippen MR) is 101 cm³/mol. The third-order valence-electron chi connectivity index (χ3n) is 4.84. The fraction of sp³-hybridized carbons (Fsp3) is 0.238. The van der Waals surface area contributed by atoms with E-state index in [0.717, 1.165) is 36.0 Å². The van der Waals surface area contributed by atoms with E-state index in [1.165, 1.54) is 24.1 Å². The molecule has 1 N–H and O–H groups in total. The lowest BCUT2D eigenvalue weighted by Gasteiger charge is -2.19. The van der Waals surface area contributed by atoms with Gasteiger partial charge in [-0.05, 0) is 30.9 Å². The van der Waals surface area contributed by atoms with Crippen molar-refractivity contribution >= 4 is 17.5 Å². The first-order valence-electron chi connectivity index (χ1n) is 8.93. The van der Waals surface area contributed by atoms with Crippen LogP contribution in [0.25, 0.3) is 11.3 Å². The average Bonchev–Trinajstić information content (AvgIpc) is 3.37. The summed E-state index contributed by atoms with van der Waals surface area (Å²) in [6, 6.07) is 21.5. The van der Waals surface area contributed by atoms with Crippen molar-refractivity contribution in [3.05, 3.63) is 66.2 Å². The van der Waals surface area contributed by atoms with Gasteiger partial charge in [-0.25, -0.2) is 4.98 Å². The second-order valence-corrected chi connectivity index (χ2v) is 6.75. The van der Waals surface area contributed by atoms with Gasteiger partial charge in [-0.3, -0.25) is 0 Å². The van der Waals surface area contributed by atoms with Crippen LogP contribution in [0.5, 0.6) is 0 Å². The van der Waals surface area contributed by atoms with Crippen LogP contribution in [-0.2, 0) is 6.42 Å². The number of hydrogen-bond donors (Lipinski definition) is 1. The summed E-state index contributed by atoms with van der Waals surface area (Å²) in [4.78, 5) is 11.9. The monoisotopic (exact) mass is 328 g/mol. The third-order valence-corrected chi connectivity index (χ3v) is 4.84. The minimum atomic E-state index is 0.567. The van der Waals surface area contributed by atoms with Gasteiger partial charge in [-0.2, -0.15) is 4.98 Å². The Kier molecular flexibility index (Phi) is 3.40. The Morgan fingerprint density at radius 1 is 0.920 bits per heavy atom. The molecule has 1 fully saturated rings. The number of fused-ring (bicyclic) bond motifs is 1. The Labute approximate surface area is 147 Å². The van der Waals surface area contributed by atoms with Crippen LogP contribution in [0.15, 0.2) is 60.7 Å². The molecular formula is C21H20N4. The highest BCUT2D eigenvalue weighted by Crippen LogP contribution is 2.34.